The molecule has 0 aromatic heterocycles. The molecule has 1 saturated heterocycles. The van der Waals surface area contributed by atoms with E-state index in [1.54, 1.807) is 0 Å². The third-order valence-electron chi connectivity index (χ3n) is 2.00. The molecule has 0 radical (unpaired) electrons. The largest absolute Gasteiger partial charge is 0.413 e. The van der Waals surface area contributed by atoms with E-state index in [9.17, 15) is 18.0 Å². The van der Waals surface area contributed by atoms with Crippen LogP contribution < -0.4 is 10.8 Å². The zero-order valence-corrected chi connectivity index (χ0v) is 8.06. The van der Waals surface area contributed by atoms with E-state index in [1.807, 2.05) is 0 Å². The molecule has 1 aliphatic heterocycles. The summed E-state index contributed by atoms with van der Waals surface area (Å²) < 4.78 is 35.2. The van der Waals surface area contributed by atoms with Crippen LogP contribution in [-0.4, -0.2) is 31.3 Å². The van der Waals surface area contributed by atoms with Gasteiger partial charge in [0.05, 0.1) is 0 Å². The minimum absolute atomic E-state index is 0.310. The number of amides is 1. The Balaban J connectivity index is 2.27. The molecule has 1 aliphatic rings. The predicted molar refractivity (Wildman–Crippen MR) is 45.8 cm³/mol. The summed E-state index contributed by atoms with van der Waals surface area (Å²) in [6, 6.07) is -0.685. The summed E-state index contributed by atoms with van der Waals surface area (Å²) in [5.74, 6) is -0.310. The van der Waals surface area contributed by atoms with Crippen LogP contribution in [-0.2, 0) is 9.63 Å². The fourth-order valence-corrected chi connectivity index (χ4v) is 1.28. The highest BCUT2D eigenvalue weighted by Gasteiger charge is 2.29. The molecular formula is C8H13F3N2O2. The Labute approximate surface area is 85.1 Å². The number of halogens is 3. The molecule has 1 amide bonds. The molecule has 0 aliphatic carbocycles. The highest BCUT2D eigenvalue weighted by molar-refractivity contribution is 5.81. The van der Waals surface area contributed by atoms with Gasteiger partial charge in [-0.25, -0.2) is 0 Å². The minimum atomic E-state index is -4.38. The number of hydrogen-bond acceptors (Lipinski definition) is 3. The van der Waals surface area contributed by atoms with Crippen molar-refractivity contribution < 1.29 is 22.8 Å². The van der Waals surface area contributed by atoms with Crippen molar-refractivity contribution in [1.29, 1.82) is 0 Å². The smallest absolute Gasteiger partial charge is 0.355 e. The summed E-state index contributed by atoms with van der Waals surface area (Å²) in [6.07, 6.45) is -2.27. The lowest BCUT2D eigenvalue weighted by Crippen LogP contribution is -2.43. The zero-order chi connectivity index (χ0) is 11.3. The van der Waals surface area contributed by atoms with Gasteiger partial charge in [0.1, 0.15) is 6.04 Å². The van der Waals surface area contributed by atoms with Crippen LogP contribution in [0.15, 0.2) is 0 Å². The van der Waals surface area contributed by atoms with Gasteiger partial charge in [-0.15, -0.1) is 0 Å². The highest BCUT2D eigenvalue weighted by Crippen LogP contribution is 2.14. The van der Waals surface area contributed by atoms with E-state index in [2.05, 4.69) is 15.6 Å². The second-order valence-electron chi connectivity index (χ2n) is 3.36. The summed E-state index contributed by atoms with van der Waals surface area (Å²) in [4.78, 5) is 15.5. The van der Waals surface area contributed by atoms with Crippen LogP contribution in [0.25, 0.3) is 0 Å². The molecular weight excluding hydrogens is 213 g/mol. The Bertz CT molecular complexity index is 220. The van der Waals surface area contributed by atoms with E-state index in [0.29, 0.717) is 13.0 Å². The van der Waals surface area contributed by atoms with Gasteiger partial charge in [-0.3, -0.25) is 9.63 Å². The predicted octanol–water partition coefficient (Wildman–Crippen LogP) is 0.739. The van der Waals surface area contributed by atoms with E-state index >= 15 is 0 Å². The summed E-state index contributed by atoms with van der Waals surface area (Å²) in [6.45, 7) is -0.826. The number of carbonyl (C=O) groups is 1. The van der Waals surface area contributed by atoms with Gasteiger partial charge in [-0.2, -0.15) is 18.7 Å². The maximum absolute atomic E-state index is 11.7. The Morgan fingerprint density at radius 1 is 1.47 bits per heavy atom. The molecule has 0 bridgehead atoms. The van der Waals surface area contributed by atoms with E-state index in [-0.39, 0.29) is 5.91 Å². The van der Waals surface area contributed by atoms with Gasteiger partial charge in [0, 0.05) is 6.54 Å². The number of rotatable bonds is 3. The molecule has 7 heteroatoms. The lowest BCUT2D eigenvalue weighted by atomic mass is 10.1. The molecule has 1 fully saturated rings. The van der Waals surface area contributed by atoms with E-state index in [4.69, 9.17) is 0 Å². The van der Waals surface area contributed by atoms with Crippen molar-refractivity contribution >= 4 is 5.91 Å². The van der Waals surface area contributed by atoms with Gasteiger partial charge < -0.3 is 5.32 Å². The van der Waals surface area contributed by atoms with Crippen molar-refractivity contribution in [3.8, 4) is 0 Å². The van der Waals surface area contributed by atoms with Crippen LogP contribution in [0, 0.1) is 0 Å². The Morgan fingerprint density at radius 2 is 2.20 bits per heavy atom. The van der Waals surface area contributed by atoms with Crippen LogP contribution in [0.2, 0.25) is 0 Å². The van der Waals surface area contributed by atoms with Gasteiger partial charge in [0.2, 0.25) is 5.91 Å². The van der Waals surface area contributed by atoms with Crippen LogP contribution in [0.1, 0.15) is 19.3 Å². The second kappa shape index (κ2) is 5.32. The van der Waals surface area contributed by atoms with Crippen molar-refractivity contribution in [1.82, 2.24) is 10.8 Å². The minimum Gasteiger partial charge on any atom is -0.355 e. The quantitative estimate of drug-likeness (QED) is 0.698. The molecule has 2 N–H and O–H groups in total. The lowest BCUT2D eigenvalue weighted by Gasteiger charge is -2.15. The zero-order valence-electron chi connectivity index (χ0n) is 8.06. The van der Waals surface area contributed by atoms with Gasteiger partial charge in [-0.05, 0) is 19.3 Å². The maximum atomic E-state index is 11.7. The Morgan fingerprint density at radius 3 is 2.87 bits per heavy atom. The molecule has 0 saturated carbocycles. The average Bonchev–Trinajstić information content (AvgIpc) is 2.30. The summed E-state index contributed by atoms with van der Waals surface area (Å²) in [7, 11) is 0. The molecule has 1 heterocycles. The maximum Gasteiger partial charge on any atom is 0.413 e. The standard InChI is InChI=1S/C8H13F3N2O2/c9-8(10,11)5-15-13-6-3-1-2-4-12-7(6)14/h6,13H,1-5H2,(H,12,14). The molecule has 0 aromatic rings. The molecule has 1 rings (SSSR count). The van der Waals surface area contributed by atoms with Crippen molar-refractivity contribution in [3.63, 3.8) is 0 Å². The number of hydroxylamine groups is 1. The number of alkyl halides is 3. The number of hydrogen-bond donors (Lipinski definition) is 2. The van der Waals surface area contributed by atoms with E-state index < -0.39 is 18.8 Å². The average molecular weight is 226 g/mol. The molecule has 0 spiro atoms. The third-order valence-corrected chi connectivity index (χ3v) is 2.00. The fourth-order valence-electron chi connectivity index (χ4n) is 1.28. The highest BCUT2D eigenvalue weighted by atomic mass is 19.4. The first-order valence-electron chi connectivity index (χ1n) is 4.71. The van der Waals surface area contributed by atoms with Crippen molar-refractivity contribution in [2.75, 3.05) is 13.2 Å². The van der Waals surface area contributed by atoms with E-state index in [1.165, 1.54) is 0 Å². The topological polar surface area (TPSA) is 50.4 Å². The Hall–Kier alpha value is -0.820. The third kappa shape index (κ3) is 4.98. The van der Waals surface area contributed by atoms with Crippen LogP contribution >= 0.6 is 0 Å². The normalized spacial score (nSPS) is 23.4. The summed E-state index contributed by atoms with van der Waals surface area (Å²) >= 11 is 0. The number of carbonyl (C=O) groups excluding carboxylic acids is 1. The van der Waals surface area contributed by atoms with Crippen molar-refractivity contribution in [2.24, 2.45) is 0 Å². The van der Waals surface area contributed by atoms with E-state index in [0.717, 1.165) is 12.8 Å². The van der Waals surface area contributed by atoms with Crippen molar-refractivity contribution in [3.05, 3.63) is 0 Å². The molecule has 1 unspecified atom stereocenters. The fraction of sp³-hybridized carbons (Fsp3) is 0.875. The second-order valence-corrected chi connectivity index (χ2v) is 3.36. The first-order valence-corrected chi connectivity index (χ1v) is 4.71. The first-order chi connectivity index (χ1) is 6.99. The van der Waals surface area contributed by atoms with Crippen LogP contribution in [0.3, 0.4) is 0 Å². The molecule has 0 aromatic carbocycles. The molecule has 88 valence electrons. The summed E-state index contributed by atoms with van der Waals surface area (Å²) in [5.41, 5.74) is 2.14. The summed E-state index contributed by atoms with van der Waals surface area (Å²) in [5, 5.41) is 2.58. The lowest BCUT2D eigenvalue weighted by molar-refractivity contribution is -0.193. The monoisotopic (exact) mass is 226 g/mol. The molecule has 15 heavy (non-hydrogen) atoms. The molecule has 4 nitrogen and oxygen atoms in total. The van der Waals surface area contributed by atoms with Crippen LogP contribution in [0.5, 0.6) is 0 Å². The SMILES string of the molecule is O=C1NCCCCC1NOCC(F)(F)F. The van der Waals surface area contributed by atoms with Gasteiger partial charge in [0.15, 0.2) is 6.61 Å². The Kier molecular flexibility index (Phi) is 4.34. The molecule has 1 atom stereocenters. The van der Waals surface area contributed by atoms with Gasteiger partial charge >= 0.3 is 6.18 Å². The van der Waals surface area contributed by atoms with Crippen LogP contribution in [0.4, 0.5) is 13.2 Å². The number of nitrogens with one attached hydrogen (secondary N) is 2. The van der Waals surface area contributed by atoms with Gasteiger partial charge in [0.25, 0.3) is 0 Å². The van der Waals surface area contributed by atoms with Crippen molar-refractivity contribution in [2.45, 2.75) is 31.5 Å². The first kappa shape index (κ1) is 12.3. The van der Waals surface area contributed by atoms with Gasteiger partial charge in [-0.1, -0.05) is 0 Å².